The molecule has 2 rings (SSSR count). The van der Waals surface area contributed by atoms with Crippen LogP contribution in [0.4, 0.5) is 0 Å². The smallest absolute Gasteiger partial charge is 0.271 e. The van der Waals surface area contributed by atoms with Crippen LogP contribution < -0.4 is 10.9 Å². The van der Waals surface area contributed by atoms with Crippen LogP contribution in [-0.2, 0) is 4.74 Å². The summed E-state index contributed by atoms with van der Waals surface area (Å²) in [6.45, 7) is 8.19. The first-order chi connectivity index (χ1) is 10.6. The molecule has 2 heterocycles. The lowest BCUT2D eigenvalue weighted by Crippen LogP contribution is -2.49. The molecule has 0 aliphatic carbocycles. The Morgan fingerprint density at radius 3 is 2.73 bits per heavy atom. The van der Waals surface area contributed by atoms with Crippen LogP contribution in [0.5, 0.6) is 0 Å². The van der Waals surface area contributed by atoms with Gasteiger partial charge in [0.15, 0.2) is 0 Å². The van der Waals surface area contributed by atoms with Gasteiger partial charge in [0.25, 0.3) is 11.5 Å². The predicted molar refractivity (Wildman–Crippen MR) is 82.8 cm³/mol. The zero-order chi connectivity index (χ0) is 15.9. The number of aromatic nitrogens is 2. The molecular weight excluding hydrogens is 284 g/mol. The maximum atomic E-state index is 12.1. The van der Waals surface area contributed by atoms with E-state index in [1.54, 1.807) is 0 Å². The zero-order valence-corrected chi connectivity index (χ0v) is 13.2. The van der Waals surface area contributed by atoms with Gasteiger partial charge in [-0.1, -0.05) is 13.8 Å². The second-order valence-electron chi connectivity index (χ2n) is 5.95. The third-order valence-corrected chi connectivity index (χ3v) is 3.72. The topological polar surface area (TPSA) is 87.3 Å². The summed E-state index contributed by atoms with van der Waals surface area (Å²) in [5.74, 6) is 0.286. The highest BCUT2D eigenvalue weighted by atomic mass is 16.5. The number of hydrogen-bond acceptors (Lipinski definition) is 5. The minimum atomic E-state index is -0.317. The van der Waals surface area contributed by atoms with E-state index in [1.807, 2.05) is 0 Å². The molecule has 1 fully saturated rings. The maximum absolute atomic E-state index is 12.1. The van der Waals surface area contributed by atoms with Crippen LogP contribution in [0.25, 0.3) is 0 Å². The Morgan fingerprint density at radius 2 is 2.14 bits per heavy atom. The fourth-order valence-electron chi connectivity index (χ4n) is 2.62. The van der Waals surface area contributed by atoms with E-state index in [2.05, 4.69) is 34.3 Å². The number of carbonyl (C=O) groups is 1. The molecule has 22 heavy (non-hydrogen) atoms. The minimum absolute atomic E-state index is 0.227. The summed E-state index contributed by atoms with van der Waals surface area (Å²) in [7, 11) is 0. The van der Waals surface area contributed by atoms with Gasteiger partial charge in [0.2, 0.25) is 0 Å². The van der Waals surface area contributed by atoms with Crippen molar-refractivity contribution >= 4 is 5.91 Å². The van der Waals surface area contributed by atoms with Crippen LogP contribution in [0.1, 0.15) is 30.8 Å². The first-order valence-corrected chi connectivity index (χ1v) is 7.72. The van der Waals surface area contributed by atoms with Crippen molar-refractivity contribution < 1.29 is 9.53 Å². The van der Waals surface area contributed by atoms with E-state index in [-0.39, 0.29) is 23.2 Å². The number of nitrogens with one attached hydrogen (secondary N) is 2. The summed E-state index contributed by atoms with van der Waals surface area (Å²) in [4.78, 5) is 25.4. The van der Waals surface area contributed by atoms with Gasteiger partial charge in [-0.2, -0.15) is 5.10 Å². The molecule has 0 radical (unpaired) electrons. The van der Waals surface area contributed by atoms with E-state index in [0.29, 0.717) is 12.5 Å². The Hall–Kier alpha value is -1.73. The van der Waals surface area contributed by atoms with Crippen molar-refractivity contribution in [3.05, 3.63) is 28.2 Å². The van der Waals surface area contributed by atoms with Gasteiger partial charge in [0, 0.05) is 31.7 Å². The number of ether oxygens (including phenoxy) is 1. The first kappa shape index (κ1) is 16.6. The van der Waals surface area contributed by atoms with Crippen molar-refractivity contribution in [3.8, 4) is 0 Å². The summed E-state index contributed by atoms with van der Waals surface area (Å²) >= 11 is 0. The zero-order valence-electron chi connectivity index (χ0n) is 13.2. The number of nitrogens with zero attached hydrogens (tertiary/aromatic N) is 2. The third-order valence-electron chi connectivity index (χ3n) is 3.72. The molecule has 1 aromatic heterocycles. The maximum Gasteiger partial charge on any atom is 0.271 e. The third kappa shape index (κ3) is 4.92. The number of amides is 1. The lowest BCUT2D eigenvalue weighted by atomic mass is 10.0. The average Bonchev–Trinajstić information content (AvgIpc) is 2.52. The fraction of sp³-hybridized carbons (Fsp3) is 0.667. The Balaban J connectivity index is 1.93. The van der Waals surface area contributed by atoms with E-state index < -0.39 is 0 Å². The minimum Gasteiger partial charge on any atom is -0.379 e. The number of H-pyrrole nitrogens is 1. The molecule has 0 saturated carbocycles. The molecule has 1 aliphatic rings. The second-order valence-corrected chi connectivity index (χ2v) is 5.95. The summed E-state index contributed by atoms with van der Waals surface area (Å²) in [6, 6.07) is 3.02. The lowest BCUT2D eigenvalue weighted by molar-refractivity contribution is 0.0124. The molecule has 2 N–H and O–H groups in total. The van der Waals surface area contributed by atoms with Crippen molar-refractivity contribution in [3.63, 3.8) is 0 Å². The van der Waals surface area contributed by atoms with E-state index in [0.717, 1.165) is 32.7 Å². The van der Waals surface area contributed by atoms with E-state index >= 15 is 0 Å². The molecule has 1 aromatic rings. The monoisotopic (exact) mass is 308 g/mol. The number of morpholine rings is 1. The number of aromatic amines is 1. The van der Waals surface area contributed by atoms with Crippen molar-refractivity contribution in [1.29, 1.82) is 0 Å². The van der Waals surface area contributed by atoms with Gasteiger partial charge >= 0.3 is 0 Å². The molecule has 0 spiro atoms. The molecule has 1 aliphatic heterocycles. The summed E-state index contributed by atoms with van der Waals surface area (Å²) in [5, 5.41) is 8.93. The lowest BCUT2D eigenvalue weighted by Gasteiger charge is -2.35. The highest BCUT2D eigenvalue weighted by molar-refractivity contribution is 5.91. The SMILES string of the molecule is CC(C)CC(CNC(=O)c1ccc(=O)[nH]n1)N1CCOCC1. The summed E-state index contributed by atoms with van der Waals surface area (Å²) in [6.07, 6.45) is 1.01. The van der Waals surface area contributed by atoms with Crippen molar-refractivity contribution in [1.82, 2.24) is 20.4 Å². The molecule has 0 aromatic carbocycles. The van der Waals surface area contributed by atoms with Crippen LogP contribution in [0.15, 0.2) is 16.9 Å². The molecule has 1 amide bonds. The van der Waals surface area contributed by atoms with Gasteiger partial charge in [0.1, 0.15) is 5.69 Å². The second kappa shape index (κ2) is 8.05. The largest absolute Gasteiger partial charge is 0.379 e. The fourth-order valence-corrected chi connectivity index (χ4v) is 2.62. The first-order valence-electron chi connectivity index (χ1n) is 7.72. The van der Waals surface area contributed by atoms with E-state index in [4.69, 9.17) is 4.74 Å². The van der Waals surface area contributed by atoms with Gasteiger partial charge < -0.3 is 10.1 Å². The molecule has 1 atom stereocenters. The Kier molecular flexibility index (Phi) is 6.09. The molecule has 0 bridgehead atoms. The van der Waals surface area contributed by atoms with Gasteiger partial charge in [-0.15, -0.1) is 0 Å². The van der Waals surface area contributed by atoms with Crippen LogP contribution in [-0.4, -0.2) is 59.9 Å². The number of hydrogen-bond donors (Lipinski definition) is 2. The summed E-state index contributed by atoms with van der Waals surface area (Å²) < 4.78 is 5.39. The molecule has 7 nitrogen and oxygen atoms in total. The normalized spacial score (nSPS) is 17.4. The number of carbonyl (C=O) groups excluding carboxylic acids is 1. The molecule has 1 saturated heterocycles. The summed E-state index contributed by atoms with van der Waals surface area (Å²) in [5.41, 5.74) is -0.0903. The van der Waals surface area contributed by atoms with Crippen molar-refractivity contribution in [2.24, 2.45) is 5.92 Å². The van der Waals surface area contributed by atoms with Crippen LogP contribution >= 0.6 is 0 Å². The average molecular weight is 308 g/mol. The highest BCUT2D eigenvalue weighted by Gasteiger charge is 2.22. The van der Waals surface area contributed by atoms with E-state index in [9.17, 15) is 9.59 Å². The van der Waals surface area contributed by atoms with Gasteiger partial charge in [0.05, 0.1) is 13.2 Å². The standard InChI is InChI=1S/C15H24N4O3/c1-11(2)9-12(19-5-7-22-8-6-19)10-16-15(21)13-3-4-14(20)18-17-13/h3-4,11-12H,5-10H2,1-2H3,(H,16,21)(H,18,20). The quantitative estimate of drug-likeness (QED) is 0.786. The van der Waals surface area contributed by atoms with E-state index in [1.165, 1.54) is 12.1 Å². The highest BCUT2D eigenvalue weighted by Crippen LogP contribution is 2.13. The predicted octanol–water partition coefficient (Wildman–Crippen LogP) is 0.247. The molecular formula is C15H24N4O3. The van der Waals surface area contributed by atoms with Gasteiger partial charge in [-0.25, -0.2) is 5.10 Å². The number of rotatable bonds is 6. The van der Waals surface area contributed by atoms with Crippen LogP contribution in [0.2, 0.25) is 0 Å². The molecule has 7 heteroatoms. The van der Waals surface area contributed by atoms with Crippen LogP contribution in [0, 0.1) is 5.92 Å². The van der Waals surface area contributed by atoms with Gasteiger partial charge in [-0.3, -0.25) is 14.5 Å². The van der Waals surface area contributed by atoms with Crippen molar-refractivity contribution in [2.75, 3.05) is 32.8 Å². The Labute approximate surface area is 130 Å². The Morgan fingerprint density at radius 1 is 1.41 bits per heavy atom. The molecule has 122 valence electrons. The Bertz CT molecular complexity index is 517. The van der Waals surface area contributed by atoms with Crippen molar-refractivity contribution in [2.45, 2.75) is 26.3 Å². The van der Waals surface area contributed by atoms with Gasteiger partial charge in [-0.05, 0) is 18.4 Å². The van der Waals surface area contributed by atoms with Crippen LogP contribution in [0.3, 0.4) is 0 Å². The molecule has 1 unspecified atom stereocenters.